The van der Waals surface area contributed by atoms with E-state index in [9.17, 15) is 5.11 Å². The molecule has 0 bridgehead atoms. The Hall–Kier alpha value is -1.29. The van der Waals surface area contributed by atoms with Crippen molar-refractivity contribution in [2.75, 3.05) is 11.9 Å². The third-order valence-corrected chi connectivity index (χ3v) is 3.76. The molecule has 4 nitrogen and oxygen atoms in total. The molecule has 2 atom stereocenters. The predicted molar refractivity (Wildman–Crippen MR) is 71.8 cm³/mol. The number of hydrogen-bond acceptors (Lipinski definition) is 4. The molecule has 1 aromatic rings. The number of aliphatic hydroxyl groups excluding tert-OH is 1. The van der Waals surface area contributed by atoms with Crippen molar-refractivity contribution in [3.8, 4) is 5.75 Å². The van der Waals surface area contributed by atoms with E-state index < -0.39 is 0 Å². The Bertz CT molecular complexity index is 407. The molecule has 0 aromatic carbocycles. The van der Waals surface area contributed by atoms with E-state index >= 15 is 0 Å². The molecule has 0 radical (unpaired) electrons. The van der Waals surface area contributed by atoms with Crippen LogP contribution in [0.3, 0.4) is 0 Å². The van der Waals surface area contributed by atoms with Crippen LogP contribution in [0.5, 0.6) is 5.75 Å². The van der Waals surface area contributed by atoms with Crippen LogP contribution < -0.4 is 10.1 Å². The van der Waals surface area contributed by atoms with Gasteiger partial charge in [0.05, 0.1) is 12.7 Å². The number of rotatable bonds is 5. The number of nitrogens with one attached hydrogen (secondary N) is 1. The molecule has 1 aliphatic rings. The number of pyridine rings is 1. The molecule has 1 saturated carbocycles. The van der Waals surface area contributed by atoms with Crippen LogP contribution in [-0.4, -0.2) is 28.8 Å². The van der Waals surface area contributed by atoms with Crippen LogP contribution in [0.25, 0.3) is 0 Å². The standard InChI is InChI=1S/C14H22N2O2/c1-4-8-18-10-6-5-7-15-13(10)16-11-9-12(17)14(11,2)3/h5-7,11-12,17H,4,8-9H2,1-3H3,(H,15,16). The van der Waals surface area contributed by atoms with Gasteiger partial charge in [-0.05, 0) is 25.0 Å². The lowest BCUT2D eigenvalue weighted by Gasteiger charge is -2.49. The predicted octanol–water partition coefficient (Wildman–Crippen LogP) is 2.44. The van der Waals surface area contributed by atoms with Gasteiger partial charge >= 0.3 is 0 Å². The van der Waals surface area contributed by atoms with Crippen molar-refractivity contribution in [2.24, 2.45) is 5.41 Å². The van der Waals surface area contributed by atoms with E-state index in [1.807, 2.05) is 12.1 Å². The summed E-state index contributed by atoms with van der Waals surface area (Å²) < 4.78 is 5.66. The first-order chi connectivity index (χ1) is 8.55. The van der Waals surface area contributed by atoms with Crippen LogP contribution in [0.4, 0.5) is 5.82 Å². The van der Waals surface area contributed by atoms with Gasteiger partial charge in [-0.1, -0.05) is 20.8 Å². The van der Waals surface area contributed by atoms with Gasteiger partial charge in [0.2, 0.25) is 0 Å². The lowest BCUT2D eigenvalue weighted by atomic mass is 9.64. The maximum atomic E-state index is 9.74. The van der Waals surface area contributed by atoms with Gasteiger partial charge in [0.15, 0.2) is 11.6 Å². The number of anilines is 1. The first-order valence-electron chi connectivity index (χ1n) is 6.58. The summed E-state index contributed by atoms with van der Waals surface area (Å²) in [5.74, 6) is 1.56. The zero-order chi connectivity index (χ0) is 13.2. The van der Waals surface area contributed by atoms with Crippen molar-refractivity contribution < 1.29 is 9.84 Å². The van der Waals surface area contributed by atoms with Gasteiger partial charge in [0.25, 0.3) is 0 Å². The van der Waals surface area contributed by atoms with Gasteiger partial charge in [-0.2, -0.15) is 0 Å². The number of aromatic nitrogens is 1. The molecule has 2 N–H and O–H groups in total. The van der Waals surface area contributed by atoms with Crippen LogP contribution in [-0.2, 0) is 0 Å². The SMILES string of the molecule is CCCOc1cccnc1NC1CC(O)C1(C)C. The second kappa shape index (κ2) is 5.14. The van der Waals surface area contributed by atoms with Crippen molar-refractivity contribution in [1.82, 2.24) is 4.98 Å². The topological polar surface area (TPSA) is 54.4 Å². The van der Waals surface area contributed by atoms with Crippen LogP contribution in [0.1, 0.15) is 33.6 Å². The average Bonchev–Trinajstić information content (AvgIpc) is 2.37. The molecule has 18 heavy (non-hydrogen) atoms. The Morgan fingerprint density at radius 2 is 2.33 bits per heavy atom. The van der Waals surface area contributed by atoms with Crippen molar-refractivity contribution in [2.45, 2.75) is 45.8 Å². The van der Waals surface area contributed by atoms with E-state index in [0.717, 1.165) is 24.4 Å². The zero-order valence-corrected chi connectivity index (χ0v) is 11.3. The zero-order valence-electron chi connectivity index (χ0n) is 11.3. The van der Waals surface area contributed by atoms with Gasteiger partial charge < -0.3 is 15.2 Å². The van der Waals surface area contributed by atoms with Crippen LogP contribution in [0.2, 0.25) is 0 Å². The summed E-state index contributed by atoms with van der Waals surface area (Å²) in [6.07, 6.45) is 3.25. The quantitative estimate of drug-likeness (QED) is 0.842. The molecule has 1 fully saturated rings. The largest absolute Gasteiger partial charge is 0.490 e. The second-order valence-electron chi connectivity index (χ2n) is 5.47. The fourth-order valence-electron chi connectivity index (χ4n) is 2.14. The van der Waals surface area contributed by atoms with E-state index in [1.54, 1.807) is 6.20 Å². The van der Waals surface area contributed by atoms with E-state index in [-0.39, 0.29) is 17.6 Å². The average molecular weight is 250 g/mol. The molecule has 2 rings (SSSR count). The summed E-state index contributed by atoms with van der Waals surface area (Å²) in [6, 6.07) is 4.04. The number of nitrogens with zero attached hydrogens (tertiary/aromatic N) is 1. The van der Waals surface area contributed by atoms with Crippen molar-refractivity contribution in [3.63, 3.8) is 0 Å². The Balaban J connectivity index is 2.05. The third-order valence-electron chi connectivity index (χ3n) is 3.76. The highest BCUT2D eigenvalue weighted by atomic mass is 16.5. The van der Waals surface area contributed by atoms with Crippen molar-refractivity contribution in [1.29, 1.82) is 0 Å². The van der Waals surface area contributed by atoms with Crippen LogP contribution >= 0.6 is 0 Å². The molecule has 1 aliphatic carbocycles. The summed E-state index contributed by atoms with van der Waals surface area (Å²) in [7, 11) is 0. The summed E-state index contributed by atoms with van der Waals surface area (Å²) in [4.78, 5) is 4.33. The van der Waals surface area contributed by atoms with E-state index in [1.165, 1.54) is 0 Å². The maximum absolute atomic E-state index is 9.74. The lowest BCUT2D eigenvalue weighted by Crippen LogP contribution is -2.57. The van der Waals surface area contributed by atoms with Crippen LogP contribution in [0.15, 0.2) is 18.3 Å². The molecular formula is C14H22N2O2. The molecule has 0 amide bonds. The Kier molecular flexibility index (Phi) is 3.76. The van der Waals surface area contributed by atoms with Gasteiger partial charge in [0.1, 0.15) is 0 Å². The first-order valence-corrected chi connectivity index (χ1v) is 6.58. The fraction of sp³-hybridized carbons (Fsp3) is 0.643. The highest BCUT2D eigenvalue weighted by Gasteiger charge is 2.47. The molecule has 4 heteroatoms. The second-order valence-corrected chi connectivity index (χ2v) is 5.47. The lowest BCUT2D eigenvalue weighted by molar-refractivity contribution is -0.0512. The maximum Gasteiger partial charge on any atom is 0.168 e. The molecule has 0 spiro atoms. The summed E-state index contributed by atoms with van der Waals surface area (Å²) in [5, 5.41) is 13.1. The van der Waals surface area contributed by atoms with E-state index in [0.29, 0.717) is 6.61 Å². The molecule has 100 valence electrons. The normalized spacial score (nSPS) is 25.3. The summed E-state index contributed by atoms with van der Waals surface area (Å²) in [5.41, 5.74) is -0.112. The highest BCUT2D eigenvalue weighted by molar-refractivity contribution is 5.51. The minimum atomic E-state index is -0.237. The molecule has 0 aliphatic heterocycles. The highest BCUT2D eigenvalue weighted by Crippen LogP contribution is 2.42. The Morgan fingerprint density at radius 3 is 2.94 bits per heavy atom. The molecular weight excluding hydrogens is 228 g/mol. The number of ether oxygens (including phenoxy) is 1. The first kappa shape index (κ1) is 13.1. The van der Waals surface area contributed by atoms with Gasteiger partial charge in [0, 0.05) is 17.7 Å². The van der Waals surface area contributed by atoms with Crippen LogP contribution in [0, 0.1) is 5.41 Å². The minimum absolute atomic E-state index is 0.112. The van der Waals surface area contributed by atoms with Crippen molar-refractivity contribution >= 4 is 5.82 Å². The van der Waals surface area contributed by atoms with E-state index in [2.05, 4.69) is 31.1 Å². The smallest absolute Gasteiger partial charge is 0.168 e. The van der Waals surface area contributed by atoms with Gasteiger partial charge in [-0.3, -0.25) is 0 Å². The molecule has 1 aromatic heterocycles. The number of aliphatic hydroxyl groups is 1. The molecule has 2 unspecified atom stereocenters. The third kappa shape index (κ3) is 2.43. The number of hydrogen-bond donors (Lipinski definition) is 2. The minimum Gasteiger partial charge on any atom is -0.490 e. The summed E-state index contributed by atoms with van der Waals surface area (Å²) >= 11 is 0. The van der Waals surface area contributed by atoms with E-state index in [4.69, 9.17) is 4.74 Å². The Labute approximate surface area is 108 Å². The molecule has 1 heterocycles. The van der Waals surface area contributed by atoms with Gasteiger partial charge in [-0.15, -0.1) is 0 Å². The molecule has 0 saturated heterocycles. The fourth-order valence-corrected chi connectivity index (χ4v) is 2.14. The van der Waals surface area contributed by atoms with Gasteiger partial charge in [-0.25, -0.2) is 4.98 Å². The van der Waals surface area contributed by atoms with Crippen molar-refractivity contribution in [3.05, 3.63) is 18.3 Å². The summed E-state index contributed by atoms with van der Waals surface area (Å²) in [6.45, 7) is 6.90. The monoisotopic (exact) mass is 250 g/mol. The Morgan fingerprint density at radius 1 is 1.56 bits per heavy atom.